The molecule has 0 radical (unpaired) electrons. The number of esters is 1. The maximum absolute atomic E-state index is 10.2. The second-order valence-electron chi connectivity index (χ2n) is 3.61. The lowest BCUT2D eigenvalue weighted by Crippen LogP contribution is -2.05. The van der Waals surface area contributed by atoms with Crippen LogP contribution < -0.4 is 0 Å². The Balaban J connectivity index is -0.0000000906. The molecule has 116 valence electrons. The first-order chi connectivity index (χ1) is 8.49. The molecule has 0 aromatic heterocycles. The number of rotatable bonds is 6. The fraction of sp³-hybridized carbons (Fsp3) is 0.846. The molecule has 0 unspecified atom stereocenters. The van der Waals surface area contributed by atoms with Gasteiger partial charge in [-0.15, -0.1) is 0 Å². The van der Waals surface area contributed by atoms with Crippen LogP contribution in [0, 0.1) is 0 Å². The minimum Gasteiger partial charge on any atom is -0.469 e. The Labute approximate surface area is 127 Å². The normalized spacial score (nSPS) is 7.89. The Hall–Kier alpha value is -0.408. The van der Waals surface area contributed by atoms with Gasteiger partial charge in [-0.1, -0.05) is 26.7 Å². The van der Waals surface area contributed by atoms with Gasteiger partial charge in [0.1, 0.15) is 12.2 Å². The number of carbonyl (C=O) groups excluding carboxylic acids is 2. The molecule has 0 aliphatic carbocycles. The highest BCUT2D eigenvalue weighted by Gasteiger charge is 2.01. The Morgan fingerprint density at radius 2 is 1.37 bits per heavy atom. The van der Waals surface area contributed by atoms with E-state index in [0.717, 1.165) is 25.7 Å². The van der Waals surface area contributed by atoms with Crippen LogP contribution in [-0.4, -0.2) is 59.7 Å². The topological polar surface area (TPSA) is 83.8 Å². The van der Waals surface area contributed by atoms with Crippen molar-refractivity contribution in [3.63, 3.8) is 0 Å². The van der Waals surface area contributed by atoms with E-state index in [-0.39, 0.29) is 29.6 Å². The van der Waals surface area contributed by atoms with Gasteiger partial charge in [0.05, 0.1) is 7.11 Å². The first-order valence-corrected chi connectivity index (χ1v) is 6.27. The van der Waals surface area contributed by atoms with Crippen molar-refractivity contribution in [3.8, 4) is 0 Å². The van der Waals surface area contributed by atoms with Crippen LogP contribution in [0.4, 0.5) is 0 Å². The van der Waals surface area contributed by atoms with Crippen LogP contribution in [0.1, 0.15) is 52.9 Å². The van der Waals surface area contributed by atoms with E-state index < -0.39 is 5.97 Å². The van der Waals surface area contributed by atoms with Gasteiger partial charge in [-0.3, -0.25) is 9.59 Å². The van der Waals surface area contributed by atoms with E-state index in [2.05, 4.69) is 18.6 Å². The quantitative estimate of drug-likeness (QED) is 0.424. The molecule has 0 fully saturated rings. The highest BCUT2D eigenvalue weighted by molar-refractivity contribution is 5.93. The highest BCUT2D eigenvalue weighted by Crippen LogP contribution is 1.83. The number of aliphatic hydroxyl groups is 2. The summed E-state index contributed by atoms with van der Waals surface area (Å²) in [5.41, 5.74) is 0. The lowest BCUT2D eigenvalue weighted by atomic mass is 10.3. The van der Waals surface area contributed by atoms with Gasteiger partial charge in [-0.2, -0.15) is 0 Å². The fourth-order valence-electron chi connectivity index (χ4n) is 0.592. The maximum Gasteiger partial charge on any atom is 0.313 e. The molecule has 0 aromatic carbocycles. The molecule has 0 atom stereocenters. The Morgan fingerprint density at radius 3 is 1.42 bits per heavy atom. The number of ether oxygens (including phenoxy) is 1. The lowest BCUT2D eigenvalue weighted by Gasteiger charge is -1.90. The summed E-state index contributed by atoms with van der Waals surface area (Å²) < 4.78 is 4.20. The van der Waals surface area contributed by atoms with Gasteiger partial charge >= 0.3 is 5.97 Å². The lowest BCUT2D eigenvalue weighted by molar-refractivity contribution is -0.142. The van der Waals surface area contributed by atoms with Crippen molar-refractivity contribution in [1.29, 1.82) is 0 Å². The number of ketones is 1. The van der Waals surface area contributed by atoms with Crippen molar-refractivity contribution in [3.05, 3.63) is 0 Å². The minimum atomic E-state index is -0.475. The molecule has 0 spiro atoms. The summed E-state index contributed by atoms with van der Waals surface area (Å²) in [6.07, 6.45) is 3.96. The van der Waals surface area contributed by atoms with Gasteiger partial charge in [-0.25, -0.2) is 0 Å². The summed E-state index contributed by atoms with van der Waals surface area (Å²) in [6.45, 7) is 6.14. The van der Waals surface area contributed by atoms with Crippen LogP contribution in [-0.2, 0) is 14.3 Å². The first-order valence-electron chi connectivity index (χ1n) is 6.27. The SMILES string of the molecule is CCCCO.CCCCO.COC(=O)CC(C)=O.[AlH3]. The van der Waals surface area contributed by atoms with E-state index in [4.69, 9.17) is 10.2 Å². The summed E-state index contributed by atoms with van der Waals surface area (Å²) in [5, 5.41) is 16.1. The van der Waals surface area contributed by atoms with E-state index in [1.165, 1.54) is 14.0 Å². The average Bonchev–Trinajstić information content (AvgIpc) is 2.32. The van der Waals surface area contributed by atoms with Gasteiger partial charge in [0.25, 0.3) is 0 Å². The van der Waals surface area contributed by atoms with Crippen molar-refractivity contribution in [2.45, 2.75) is 52.9 Å². The molecule has 0 aliphatic rings. The van der Waals surface area contributed by atoms with Gasteiger partial charge in [0.15, 0.2) is 17.4 Å². The number of carbonyl (C=O) groups is 2. The standard InChI is InChI=1S/C5H8O3.2C4H10O.Al.3H/c1-4(6)3-5(7)8-2;2*1-2-3-4-5;;;;/h3H2,1-2H3;2*5H,2-4H2,1H3;;;;. The molecule has 0 heterocycles. The molecule has 5 nitrogen and oxygen atoms in total. The van der Waals surface area contributed by atoms with Gasteiger partial charge in [0, 0.05) is 13.2 Å². The maximum atomic E-state index is 10.2. The molecule has 0 aromatic rings. The van der Waals surface area contributed by atoms with Crippen molar-refractivity contribution in [2.24, 2.45) is 0 Å². The van der Waals surface area contributed by atoms with Crippen LogP contribution in [0.5, 0.6) is 0 Å². The summed E-state index contributed by atoms with van der Waals surface area (Å²) >= 11 is 0. The van der Waals surface area contributed by atoms with E-state index in [1.807, 2.05) is 0 Å². The number of hydrogen-bond acceptors (Lipinski definition) is 5. The zero-order valence-electron chi connectivity index (χ0n) is 12.1. The number of methoxy groups -OCH3 is 1. The van der Waals surface area contributed by atoms with Crippen molar-refractivity contribution in [2.75, 3.05) is 20.3 Å². The van der Waals surface area contributed by atoms with Crippen LogP contribution in [0.2, 0.25) is 0 Å². The third kappa shape index (κ3) is 46.5. The molecule has 0 bridgehead atoms. The fourth-order valence-corrected chi connectivity index (χ4v) is 0.592. The number of aliphatic hydroxyl groups excluding tert-OH is 2. The second-order valence-corrected chi connectivity index (χ2v) is 3.61. The molecule has 0 aliphatic heterocycles. The first kappa shape index (κ1) is 27.0. The molecule has 0 amide bonds. The smallest absolute Gasteiger partial charge is 0.313 e. The molecule has 6 heteroatoms. The summed E-state index contributed by atoms with van der Waals surface area (Å²) in [4.78, 5) is 20.3. The molecule has 0 rings (SSSR count). The van der Waals surface area contributed by atoms with Crippen molar-refractivity contribution >= 4 is 29.1 Å². The van der Waals surface area contributed by atoms with E-state index in [1.54, 1.807) is 0 Å². The summed E-state index contributed by atoms with van der Waals surface area (Å²) in [7, 11) is 1.26. The largest absolute Gasteiger partial charge is 0.469 e. The number of unbranched alkanes of at least 4 members (excludes halogenated alkanes) is 2. The van der Waals surface area contributed by atoms with Gasteiger partial charge in [-0.05, 0) is 19.8 Å². The molecule has 19 heavy (non-hydrogen) atoms. The van der Waals surface area contributed by atoms with E-state index in [0.29, 0.717) is 13.2 Å². The molecule has 0 saturated carbocycles. The van der Waals surface area contributed by atoms with Crippen molar-refractivity contribution < 1.29 is 24.5 Å². The predicted octanol–water partition coefficient (Wildman–Crippen LogP) is 0.512. The second kappa shape index (κ2) is 26.2. The molecular formula is C13H31AlO5. The Kier molecular flexibility index (Phi) is 37.3. The molecular weight excluding hydrogens is 263 g/mol. The summed E-state index contributed by atoms with van der Waals surface area (Å²) in [6, 6.07) is 0. The van der Waals surface area contributed by atoms with Crippen LogP contribution >= 0.6 is 0 Å². The average molecular weight is 294 g/mol. The minimum absolute atomic E-state index is 0. The summed E-state index contributed by atoms with van der Waals surface area (Å²) in [5.74, 6) is -0.644. The Bertz CT molecular complexity index is 176. The third-order valence-corrected chi connectivity index (χ3v) is 1.64. The Morgan fingerprint density at radius 1 is 1.00 bits per heavy atom. The highest BCUT2D eigenvalue weighted by atomic mass is 27.0. The molecule has 0 saturated heterocycles. The molecule has 2 N–H and O–H groups in total. The van der Waals surface area contributed by atoms with Crippen molar-refractivity contribution in [1.82, 2.24) is 0 Å². The van der Waals surface area contributed by atoms with E-state index in [9.17, 15) is 9.59 Å². The predicted molar refractivity (Wildman–Crippen MR) is 81.2 cm³/mol. The van der Waals surface area contributed by atoms with Gasteiger partial charge in [0.2, 0.25) is 0 Å². The van der Waals surface area contributed by atoms with Gasteiger partial charge < -0.3 is 14.9 Å². The third-order valence-electron chi connectivity index (χ3n) is 1.64. The van der Waals surface area contributed by atoms with Crippen LogP contribution in [0.3, 0.4) is 0 Å². The number of Topliss-reactive ketones (excluding diaryl/α,β-unsaturated/α-hetero) is 1. The monoisotopic (exact) mass is 294 g/mol. The van der Waals surface area contributed by atoms with Crippen LogP contribution in [0.15, 0.2) is 0 Å². The van der Waals surface area contributed by atoms with Crippen LogP contribution in [0.25, 0.3) is 0 Å². The zero-order chi connectivity index (χ0) is 14.8. The van der Waals surface area contributed by atoms with E-state index >= 15 is 0 Å². The number of hydrogen-bond donors (Lipinski definition) is 2. The zero-order valence-corrected chi connectivity index (χ0v) is 12.1.